The summed E-state index contributed by atoms with van der Waals surface area (Å²) in [5.74, 6) is -1.69. The standard InChI is InChI=1S/C23H20ClFN2O6/c24-16-8-6-15(7-9-16)22(29)32-13-19-18(31-12-14-4-2-1-3-5-14)10-20(33-19)27-11-17(25)21(28)26-23(27)30/h1-9,11,18-20H,10,12-13H2,(H,26,28,30)/t18?,19-,20-/m0/s1. The first-order valence-corrected chi connectivity index (χ1v) is 10.5. The number of rotatable bonds is 7. The third-order valence-electron chi connectivity index (χ3n) is 5.18. The van der Waals surface area contributed by atoms with Crippen LogP contribution in [0.15, 0.2) is 70.4 Å². The van der Waals surface area contributed by atoms with E-state index in [2.05, 4.69) is 0 Å². The predicted octanol–water partition coefficient (Wildman–Crippen LogP) is 3.06. The van der Waals surface area contributed by atoms with Crippen molar-refractivity contribution >= 4 is 17.6 Å². The van der Waals surface area contributed by atoms with E-state index >= 15 is 0 Å². The van der Waals surface area contributed by atoms with E-state index in [0.717, 1.165) is 16.3 Å². The van der Waals surface area contributed by atoms with Gasteiger partial charge in [0, 0.05) is 11.4 Å². The van der Waals surface area contributed by atoms with Crippen molar-refractivity contribution in [3.05, 3.63) is 104 Å². The van der Waals surface area contributed by atoms with Crippen LogP contribution in [0.4, 0.5) is 4.39 Å². The molecular formula is C23H20ClFN2O6. The number of carbonyl (C=O) groups is 1. The number of aromatic amines is 1. The van der Waals surface area contributed by atoms with Crippen molar-refractivity contribution in [2.75, 3.05) is 6.61 Å². The minimum absolute atomic E-state index is 0.155. The summed E-state index contributed by atoms with van der Waals surface area (Å²) in [5.41, 5.74) is -0.689. The van der Waals surface area contributed by atoms with Crippen molar-refractivity contribution in [1.82, 2.24) is 9.55 Å². The molecule has 0 bridgehead atoms. The largest absolute Gasteiger partial charge is 0.459 e. The van der Waals surface area contributed by atoms with Crippen LogP contribution in [0.5, 0.6) is 0 Å². The highest BCUT2D eigenvalue weighted by Crippen LogP contribution is 2.31. The number of halogens is 2. The summed E-state index contributed by atoms with van der Waals surface area (Å²) in [6.45, 7) is 0.107. The molecule has 2 heterocycles. The van der Waals surface area contributed by atoms with Crippen LogP contribution in [-0.2, 0) is 20.8 Å². The van der Waals surface area contributed by atoms with Crippen molar-refractivity contribution in [2.24, 2.45) is 0 Å². The maximum atomic E-state index is 13.8. The van der Waals surface area contributed by atoms with Crippen LogP contribution in [0, 0.1) is 5.82 Å². The molecule has 3 aromatic rings. The predicted molar refractivity (Wildman–Crippen MR) is 117 cm³/mol. The molecule has 1 unspecified atom stereocenters. The molecule has 0 amide bonds. The summed E-state index contributed by atoms with van der Waals surface area (Å²) in [5, 5.41) is 0.487. The zero-order chi connectivity index (χ0) is 23.4. The van der Waals surface area contributed by atoms with E-state index in [9.17, 15) is 18.8 Å². The smallest absolute Gasteiger partial charge is 0.338 e. The molecule has 1 aliphatic rings. The number of ether oxygens (including phenoxy) is 3. The fraction of sp³-hybridized carbons (Fsp3) is 0.261. The average molecular weight is 475 g/mol. The highest BCUT2D eigenvalue weighted by Gasteiger charge is 2.38. The number of benzene rings is 2. The molecule has 10 heteroatoms. The van der Waals surface area contributed by atoms with Crippen LogP contribution in [0.2, 0.25) is 5.02 Å². The molecule has 1 N–H and O–H groups in total. The Kier molecular flexibility index (Phi) is 7.02. The Morgan fingerprint density at radius 3 is 2.61 bits per heavy atom. The summed E-state index contributed by atoms with van der Waals surface area (Å²) in [6.07, 6.45) is -1.22. The Morgan fingerprint density at radius 2 is 1.88 bits per heavy atom. The average Bonchev–Trinajstić information content (AvgIpc) is 3.22. The second-order valence-electron chi connectivity index (χ2n) is 7.45. The minimum Gasteiger partial charge on any atom is -0.459 e. The first-order valence-electron chi connectivity index (χ1n) is 10.2. The summed E-state index contributed by atoms with van der Waals surface area (Å²) in [7, 11) is 0. The maximum Gasteiger partial charge on any atom is 0.338 e. The lowest BCUT2D eigenvalue weighted by Crippen LogP contribution is -2.34. The van der Waals surface area contributed by atoms with E-state index in [1.165, 1.54) is 12.1 Å². The van der Waals surface area contributed by atoms with Gasteiger partial charge in [0.05, 0.1) is 24.5 Å². The Labute approximate surface area is 192 Å². The number of nitrogens with zero attached hydrogens (tertiary/aromatic N) is 1. The van der Waals surface area contributed by atoms with Crippen molar-refractivity contribution in [1.29, 1.82) is 0 Å². The van der Waals surface area contributed by atoms with Crippen molar-refractivity contribution in [2.45, 2.75) is 31.5 Å². The summed E-state index contributed by atoms with van der Waals surface area (Å²) < 4.78 is 32.0. The van der Waals surface area contributed by atoms with Crippen LogP contribution in [0.3, 0.4) is 0 Å². The van der Waals surface area contributed by atoms with Gasteiger partial charge in [0.2, 0.25) is 5.82 Å². The minimum atomic E-state index is -1.11. The molecule has 0 saturated carbocycles. The van der Waals surface area contributed by atoms with E-state index in [-0.39, 0.29) is 19.6 Å². The number of esters is 1. The second kappa shape index (κ2) is 10.1. The Balaban J connectivity index is 1.49. The molecule has 0 aliphatic carbocycles. The van der Waals surface area contributed by atoms with E-state index in [1.54, 1.807) is 12.1 Å². The first kappa shape index (κ1) is 22.9. The molecular weight excluding hydrogens is 455 g/mol. The number of nitrogens with one attached hydrogen (secondary N) is 1. The Morgan fingerprint density at radius 1 is 1.15 bits per heavy atom. The molecule has 33 heavy (non-hydrogen) atoms. The van der Waals surface area contributed by atoms with E-state index in [0.29, 0.717) is 10.6 Å². The molecule has 0 spiro atoms. The quantitative estimate of drug-likeness (QED) is 0.528. The van der Waals surface area contributed by atoms with Gasteiger partial charge in [-0.1, -0.05) is 41.9 Å². The van der Waals surface area contributed by atoms with Crippen molar-refractivity contribution in [3.63, 3.8) is 0 Å². The fourth-order valence-electron chi connectivity index (χ4n) is 3.48. The molecule has 172 valence electrons. The molecule has 1 aromatic heterocycles. The lowest BCUT2D eigenvalue weighted by Gasteiger charge is -2.19. The number of hydrogen-bond donors (Lipinski definition) is 1. The maximum absolute atomic E-state index is 13.8. The number of H-pyrrole nitrogens is 1. The Hall–Kier alpha value is -3.27. The normalized spacial score (nSPS) is 20.0. The first-order chi connectivity index (χ1) is 15.9. The van der Waals surface area contributed by atoms with Gasteiger partial charge in [0.25, 0.3) is 5.56 Å². The van der Waals surface area contributed by atoms with E-state index < -0.39 is 41.5 Å². The van der Waals surface area contributed by atoms with Gasteiger partial charge in [-0.05, 0) is 29.8 Å². The number of hydrogen-bond acceptors (Lipinski definition) is 6. The van der Waals surface area contributed by atoms with Gasteiger partial charge in [0.15, 0.2) is 0 Å². The van der Waals surface area contributed by atoms with Gasteiger partial charge in [-0.2, -0.15) is 4.39 Å². The molecule has 8 nitrogen and oxygen atoms in total. The highest BCUT2D eigenvalue weighted by atomic mass is 35.5. The lowest BCUT2D eigenvalue weighted by atomic mass is 10.1. The topological polar surface area (TPSA) is 99.6 Å². The molecule has 0 radical (unpaired) electrons. The zero-order valence-electron chi connectivity index (χ0n) is 17.3. The van der Waals surface area contributed by atoms with Gasteiger partial charge in [-0.3, -0.25) is 14.3 Å². The van der Waals surface area contributed by atoms with Gasteiger partial charge < -0.3 is 14.2 Å². The van der Waals surface area contributed by atoms with Crippen LogP contribution in [0.1, 0.15) is 28.6 Å². The summed E-state index contributed by atoms with van der Waals surface area (Å²) in [4.78, 5) is 37.8. The monoisotopic (exact) mass is 474 g/mol. The van der Waals surface area contributed by atoms with Crippen molar-refractivity contribution < 1.29 is 23.4 Å². The second-order valence-corrected chi connectivity index (χ2v) is 7.89. The van der Waals surface area contributed by atoms with Crippen LogP contribution >= 0.6 is 11.6 Å². The van der Waals surface area contributed by atoms with Gasteiger partial charge in [-0.25, -0.2) is 9.59 Å². The lowest BCUT2D eigenvalue weighted by molar-refractivity contribution is -0.0709. The molecule has 4 rings (SSSR count). The zero-order valence-corrected chi connectivity index (χ0v) is 18.0. The summed E-state index contributed by atoms with van der Waals surface area (Å²) in [6, 6.07) is 15.6. The van der Waals surface area contributed by atoms with Crippen LogP contribution in [0.25, 0.3) is 0 Å². The van der Waals surface area contributed by atoms with Crippen molar-refractivity contribution in [3.8, 4) is 0 Å². The molecule has 1 aliphatic heterocycles. The van der Waals surface area contributed by atoms with E-state index in [4.69, 9.17) is 25.8 Å². The van der Waals surface area contributed by atoms with Gasteiger partial charge in [0.1, 0.15) is 18.9 Å². The molecule has 1 fully saturated rings. The van der Waals surface area contributed by atoms with Gasteiger partial charge >= 0.3 is 11.7 Å². The van der Waals surface area contributed by atoms with Crippen LogP contribution in [-0.4, -0.2) is 34.3 Å². The van der Waals surface area contributed by atoms with E-state index in [1.807, 2.05) is 35.3 Å². The Bertz CT molecular complexity index is 1230. The molecule has 2 aromatic carbocycles. The number of carbonyl (C=O) groups excluding carboxylic acids is 1. The third kappa shape index (κ3) is 5.57. The third-order valence-corrected chi connectivity index (χ3v) is 5.43. The number of aromatic nitrogens is 2. The SMILES string of the molecule is O=C(OC[C@@H]1O[C@H](n2cc(F)c(=O)[nH]c2=O)CC1OCc1ccccc1)c1ccc(Cl)cc1. The molecule has 1 saturated heterocycles. The summed E-state index contributed by atoms with van der Waals surface area (Å²) >= 11 is 5.84. The molecule has 3 atom stereocenters. The van der Waals surface area contributed by atoms with Gasteiger partial charge in [-0.15, -0.1) is 0 Å². The van der Waals surface area contributed by atoms with Crippen LogP contribution < -0.4 is 11.2 Å². The fourth-order valence-corrected chi connectivity index (χ4v) is 3.60. The highest BCUT2D eigenvalue weighted by molar-refractivity contribution is 6.30.